The molecule has 1 heterocycles. The van der Waals surface area contributed by atoms with E-state index < -0.39 is 5.54 Å². The number of nitrogens with one attached hydrogen (secondary N) is 1. The standard InChI is InChI=1S/C17H23FN2O2/c1-4-5-9-19-16(22)17(3)8-10-20(17)15(21)13-6-7-14(18)12(2)11-13/h6-7,11H,4-5,8-10H2,1-3H3,(H,19,22). The number of unbranched alkanes of at least 4 members (excludes halogenated alkanes) is 1. The van der Waals surface area contributed by atoms with Gasteiger partial charge in [0.25, 0.3) is 5.91 Å². The van der Waals surface area contributed by atoms with Gasteiger partial charge in [-0.1, -0.05) is 13.3 Å². The highest BCUT2D eigenvalue weighted by molar-refractivity contribution is 6.00. The number of halogens is 1. The zero-order valence-corrected chi connectivity index (χ0v) is 13.4. The minimum absolute atomic E-state index is 0.112. The lowest BCUT2D eigenvalue weighted by Gasteiger charge is -2.49. The number of hydrogen-bond acceptors (Lipinski definition) is 2. The molecule has 0 aromatic heterocycles. The second kappa shape index (κ2) is 6.46. The van der Waals surface area contributed by atoms with Crippen LogP contribution < -0.4 is 5.32 Å². The third kappa shape index (κ3) is 2.98. The van der Waals surface area contributed by atoms with Crippen molar-refractivity contribution < 1.29 is 14.0 Å². The summed E-state index contributed by atoms with van der Waals surface area (Å²) < 4.78 is 13.3. The van der Waals surface area contributed by atoms with E-state index in [1.54, 1.807) is 18.7 Å². The Labute approximate surface area is 130 Å². The van der Waals surface area contributed by atoms with Crippen molar-refractivity contribution in [2.24, 2.45) is 0 Å². The lowest BCUT2D eigenvalue weighted by molar-refractivity contribution is -0.137. The number of benzene rings is 1. The van der Waals surface area contributed by atoms with Gasteiger partial charge in [0.2, 0.25) is 5.91 Å². The largest absolute Gasteiger partial charge is 0.354 e. The maximum Gasteiger partial charge on any atom is 0.254 e. The van der Waals surface area contributed by atoms with Crippen molar-refractivity contribution in [3.8, 4) is 0 Å². The van der Waals surface area contributed by atoms with Gasteiger partial charge < -0.3 is 10.2 Å². The van der Waals surface area contributed by atoms with E-state index in [1.807, 2.05) is 0 Å². The lowest BCUT2D eigenvalue weighted by atomic mass is 9.84. The van der Waals surface area contributed by atoms with Gasteiger partial charge in [-0.3, -0.25) is 9.59 Å². The Morgan fingerprint density at radius 1 is 1.41 bits per heavy atom. The Hall–Kier alpha value is -1.91. The molecule has 0 aliphatic carbocycles. The van der Waals surface area contributed by atoms with E-state index in [4.69, 9.17) is 0 Å². The first kappa shape index (κ1) is 16.5. The van der Waals surface area contributed by atoms with Crippen molar-refractivity contribution >= 4 is 11.8 Å². The maximum atomic E-state index is 13.3. The summed E-state index contributed by atoms with van der Waals surface area (Å²) >= 11 is 0. The second-order valence-corrected chi connectivity index (χ2v) is 6.05. The highest BCUT2D eigenvalue weighted by Gasteiger charge is 2.49. The Bertz CT molecular complexity index is 588. The molecule has 1 fully saturated rings. The summed E-state index contributed by atoms with van der Waals surface area (Å²) in [5.41, 5.74) is 0.0549. The Morgan fingerprint density at radius 3 is 2.68 bits per heavy atom. The summed E-state index contributed by atoms with van der Waals surface area (Å²) in [5.74, 6) is -0.665. The topological polar surface area (TPSA) is 49.4 Å². The zero-order valence-electron chi connectivity index (χ0n) is 13.4. The molecule has 0 bridgehead atoms. The molecule has 1 aliphatic rings. The van der Waals surface area contributed by atoms with E-state index in [0.717, 1.165) is 12.8 Å². The van der Waals surface area contributed by atoms with Crippen molar-refractivity contribution in [3.05, 3.63) is 35.1 Å². The van der Waals surface area contributed by atoms with E-state index >= 15 is 0 Å². The highest BCUT2D eigenvalue weighted by Crippen LogP contribution is 2.32. The molecule has 1 saturated heterocycles. The molecular weight excluding hydrogens is 283 g/mol. The number of carbonyl (C=O) groups is 2. The molecule has 0 radical (unpaired) electrons. The van der Waals surface area contributed by atoms with Crippen molar-refractivity contribution in [3.63, 3.8) is 0 Å². The number of carbonyl (C=O) groups excluding carboxylic acids is 2. The fraction of sp³-hybridized carbons (Fsp3) is 0.529. The van der Waals surface area contributed by atoms with Gasteiger partial charge in [0.1, 0.15) is 11.4 Å². The van der Waals surface area contributed by atoms with E-state index in [0.29, 0.717) is 30.6 Å². The van der Waals surface area contributed by atoms with Crippen molar-refractivity contribution in [2.45, 2.75) is 45.6 Å². The number of nitrogens with zero attached hydrogens (tertiary/aromatic N) is 1. The SMILES string of the molecule is CCCCNC(=O)C1(C)CCN1C(=O)c1ccc(F)c(C)c1. The summed E-state index contributed by atoms with van der Waals surface area (Å²) in [6, 6.07) is 4.30. The molecule has 5 heteroatoms. The first-order valence-corrected chi connectivity index (χ1v) is 7.76. The summed E-state index contributed by atoms with van der Waals surface area (Å²) in [7, 11) is 0. The van der Waals surface area contributed by atoms with Gasteiger partial charge in [-0.15, -0.1) is 0 Å². The van der Waals surface area contributed by atoms with Crippen molar-refractivity contribution in [1.82, 2.24) is 10.2 Å². The van der Waals surface area contributed by atoms with Crippen LogP contribution in [0.3, 0.4) is 0 Å². The molecule has 1 aliphatic heterocycles. The predicted molar refractivity (Wildman–Crippen MR) is 83.1 cm³/mol. The minimum Gasteiger partial charge on any atom is -0.354 e. The third-order valence-corrected chi connectivity index (χ3v) is 4.37. The van der Waals surface area contributed by atoms with E-state index in [1.165, 1.54) is 18.2 Å². The molecule has 0 spiro atoms. The Kier molecular flexibility index (Phi) is 4.84. The molecule has 2 rings (SSSR count). The van der Waals surface area contributed by atoms with Crippen LogP contribution in [0.15, 0.2) is 18.2 Å². The predicted octanol–water partition coefficient (Wildman–Crippen LogP) is 2.66. The molecule has 120 valence electrons. The summed E-state index contributed by atoms with van der Waals surface area (Å²) in [6.07, 6.45) is 2.58. The molecule has 2 amide bonds. The van der Waals surface area contributed by atoms with Gasteiger partial charge in [0, 0.05) is 18.7 Å². The average molecular weight is 306 g/mol. The van der Waals surface area contributed by atoms with E-state index in [2.05, 4.69) is 12.2 Å². The minimum atomic E-state index is -0.798. The van der Waals surface area contributed by atoms with Gasteiger partial charge in [-0.25, -0.2) is 4.39 Å². The van der Waals surface area contributed by atoms with Crippen LogP contribution in [-0.2, 0) is 4.79 Å². The molecule has 1 aromatic carbocycles. The molecule has 4 nitrogen and oxygen atoms in total. The van der Waals surface area contributed by atoms with Gasteiger partial charge >= 0.3 is 0 Å². The smallest absolute Gasteiger partial charge is 0.254 e. The number of aryl methyl sites for hydroxylation is 1. The average Bonchev–Trinajstić information content (AvgIpc) is 2.48. The maximum absolute atomic E-state index is 13.3. The molecular formula is C17H23FN2O2. The number of likely N-dealkylation sites (tertiary alicyclic amines) is 1. The fourth-order valence-electron chi connectivity index (χ4n) is 2.62. The van der Waals surface area contributed by atoms with Crippen molar-refractivity contribution in [2.75, 3.05) is 13.1 Å². The summed E-state index contributed by atoms with van der Waals surface area (Å²) in [6.45, 7) is 6.64. The van der Waals surface area contributed by atoms with Crippen LogP contribution >= 0.6 is 0 Å². The molecule has 1 aromatic rings. The van der Waals surface area contributed by atoms with Crippen LogP contribution in [-0.4, -0.2) is 35.3 Å². The summed E-state index contributed by atoms with van der Waals surface area (Å²) in [4.78, 5) is 26.5. The monoisotopic (exact) mass is 306 g/mol. The normalized spacial score (nSPS) is 20.5. The van der Waals surface area contributed by atoms with Crippen LogP contribution in [0.5, 0.6) is 0 Å². The van der Waals surface area contributed by atoms with Gasteiger partial charge in [-0.2, -0.15) is 0 Å². The Balaban J connectivity index is 2.09. The number of hydrogen-bond donors (Lipinski definition) is 1. The number of amides is 2. The van der Waals surface area contributed by atoms with E-state index in [9.17, 15) is 14.0 Å². The molecule has 0 saturated carbocycles. The molecule has 1 atom stereocenters. The van der Waals surface area contributed by atoms with Crippen molar-refractivity contribution in [1.29, 1.82) is 0 Å². The quantitative estimate of drug-likeness (QED) is 0.850. The van der Waals surface area contributed by atoms with Crippen LogP contribution in [0.2, 0.25) is 0 Å². The Morgan fingerprint density at radius 2 is 2.14 bits per heavy atom. The summed E-state index contributed by atoms with van der Waals surface area (Å²) in [5, 5.41) is 2.89. The third-order valence-electron chi connectivity index (χ3n) is 4.37. The van der Waals surface area contributed by atoms with E-state index in [-0.39, 0.29) is 17.6 Å². The van der Waals surface area contributed by atoms with Gasteiger partial charge in [-0.05, 0) is 50.5 Å². The van der Waals surface area contributed by atoms with Gasteiger partial charge in [0.05, 0.1) is 0 Å². The number of rotatable bonds is 5. The van der Waals surface area contributed by atoms with Crippen LogP contribution in [0, 0.1) is 12.7 Å². The zero-order chi connectivity index (χ0) is 16.3. The van der Waals surface area contributed by atoms with Gasteiger partial charge in [0.15, 0.2) is 0 Å². The van der Waals surface area contributed by atoms with Crippen LogP contribution in [0.25, 0.3) is 0 Å². The molecule has 22 heavy (non-hydrogen) atoms. The fourth-order valence-corrected chi connectivity index (χ4v) is 2.62. The first-order valence-electron chi connectivity index (χ1n) is 7.76. The highest BCUT2D eigenvalue weighted by atomic mass is 19.1. The molecule has 1 N–H and O–H groups in total. The van der Waals surface area contributed by atoms with Crippen LogP contribution in [0.1, 0.15) is 49.0 Å². The molecule has 1 unspecified atom stereocenters. The lowest BCUT2D eigenvalue weighted by Crippen LogP contribution is -2.67. The second-order valence-electron chi connectivity index (χ2n) is 6.05. The van der Waals surface area contributed by atoms with Crippen LogP contribution in [0.4, 0.5) is 4.39 Å². The first-order chi connectivity index (χ1) is 10.4.